The third-order valence-corrected chi connectivity index (χ3v) is 4.93. The number of methoxy groups -OCH3 is 2. The molecule has 0 radical (unpaired) electrons. The number of hydrogen-bond acceptors (Lipinski definition) is 7. The number of fused-ring (bicyclic) bond motifs is 1. The molecule has 0 unspecified atom stereocenters. The van der Waals surface area contributed by atoms with E-state index < -0.39 is 0 Å². The molecule has 2 heterocycles. The lowest BCUT2D eigenvalue weighted by atomic mass is 10.2. The van der Waals surface area contributed by atoms with E-state index in [-0.39, 0.29) is 0 Å². The summed E-state index contributed by atoms with van der Waals surface area (Å²) in [6.45, 7) is 0. The summed E-state index contributed by atoms with van der Waals surface area (Å²) in [7, 11) is 3.27. The Labute approximate surface area is 166 Å². The molecule has 0 fully saturated rings. The number of nitrogens with zero attached hydrogens (tertiary/aromatic N) is 4. The standard InChI is InChI=1S/C20H18N4O3S/c1-25-14-6-4-13(5-7-14)20-22-21-18-10-11-19(23-24(18)20)27-16-9-8-15(26-2)12-17(16)28-3/h4-12H,1-3H3. The van der Waals surface area contributed by atoms with Gasteiger partial charge in [-0.3, -0.25) is 0 Å². The fourth-order valence-electron chi connectivity index (χ4n) is 2.72. The van der Waals surface area contributed by atoms with Gasteiger partial charge in [-0.15, -0.1) is 27.1 Å². The van der Waals surface area contributed by atoms with Crippen molar-refractivity contribution in [3.05, 3.63) is 54.6 Å². The molecule has 2 aromatic heterocycles. The van der Waals surface area contributed by atoms with Gasteiger partial charge in [0.2, 0.25) is 5.88 Å². The molecule has 0 atom stereocenters. The van der Waals surface area contributed by atoms with Crippen molar-refractivity contribution in [3.63, 3.8) is 0 Å². The first-order valence-corrected chi connectivity index (χ1v) is 9.71. The first kappa shape index (κ1) is 18.1. The van der Waals surface area contributed by atoms with E-state index in [1.165, 1.54) is 0 Å². The summed E-state index contributed by atoms with van der Waals surface area (Å²) in [5.41, 5.74) is 1.52. The monoisotopic (exact) mass is 394 g/mol. The van der Waals surface area contributed by atoms with E-state index in [1.807, 2.05) is 54.8 Å². The fraction of sp³-hybridized carbons (Fsp3) is 0.150. The molecule has 0 N–H and O–H groups in total. The summed E-state index contributed by atoms with van der Waals surface area (Å²) in [4.78, 5) is 0.959. The van der Waals surface area contributed by atoms with Crippen LogP contribution < -0.4 is 14.2 Å². The predicted molar refractivity (Wildman–Crippen MR) is 108 cm³/mol. The van der Waals surface area contributed by atoms with Gasteiger partial charge in [0, 0.05) is 11.6 Å². The second-order valence-corrected chi connectivity index (χ2v) is 6.66. The second kappa shape index (κ2) is 7.77. The molecule has 142 valence electrons. The molecule has 0 aliphatic carbocycles. The lowest BCUT2D eigenvalue weighted by Crippen LogP contribution is -1.98. The Morgan fingerprint density at radius 2 is 1.61 bits per heavy atom. The Kier molecular flexibility index (Phi) is 5.03. The molecule has 0 aliphatic heterocycles. The quantitative estimate of drug-likeness (QED) is 0.451. The third-order valence-electron chi connectivity index (χ3n) is 4.17. The van der Waals surface area contributed by atoms with Crippen molar-refractivity contribution in [3.8, 4) is 34.5 Å². The molecule has 4 rings (SSSR count). The van der Waals surface area contributed by atoms with Gasteiger partial charge in [-0.25, -0.2) is 0 Å². The minimum atomic E-state index is 0.447. The molecule has 0 saturated heterocycles. The highest BCUT2D eigenvalue weighted by Crippen LogP contribution is 2.34. The van der Waals surface area contributed by atoms with Gasteiger partial charge < -0.3 is 14.2 Å². The molecule has 4 aromatic rings. The van der Waals surface area contributed by atoms with Crippen LogP contribution in [0, 0.1) is 0 Å². The number of ether oxygens (including phenoxy) is 3. The predicted octanol–water partition coefficient (Wildman–Crippen LogP) is 4.32. The van der Waals surface area contributed by atoms with E-state index in [1.54, 1.807) is 36.6 Å². The largest absolute Gasteiger partial charge is 0.497 e. The van der Waals surface area contributed by atoms with Crippen LogP contribution in [0.3, 0.4) is 0 Å². The van der Waals surface area contributed by atoms with Gasteiger partial charge in [0.25, 0.3) is 0 Å². The lowest BCUT2D eigenvalue weighted by Gasteiger charge is -2.10. The topological polar surface area (TPSA) is 70.8 Å². The zero-order valence-electron chi connectivity index (χ0n) is 15.6. The lowest BCUT2D eigenvalue weighted by molar-refractivity contribution is 0.408. The molecule has 0 saturated carbocycles. The molecular formula is C20H18N4O3S. The van der Waals surface area contributed by atoms with Gasteiger partial charge in [-0.2, -0.15) is 4.52 Å². The van der Waals surface area contributed by atoms with E-state index in [2.05, 4.69) is 15.3 Å². The van der Waals surface area contributed by atoms with E-state index in [0.717, 1.165) is 22.0 Å². The van der Waals surface area contributed by atoms with Crippen molar-refractivity contribution in [2.45, 2.75) is 4.90 Å². The molecule has 0 spiro atoms. The van der Waals surface area contributed by atoms with Crippen LogP contribution >= 0.6 is 11.8 Å². The molecule has 0 bridgehead atoms. The van der Waals surface area contributed by atoms with Crippen molar-refractivity contribution in [2.24, 2.45) is 0 Å². The van der Waals surface area contributed by atoms with Crippen LogP contribution in [0.4, 0.5) is 0 Å². The summed E-state index contributed by atoms with van der Waals surface area (Å²) in [5, 5.41) is 13.0. The minimum absolute atomic E-state index is 0.447. The van der Waals surface area contributed by atoms with Gasteiger partial charge in [0.15, 0.2) is 11.5 Å². The van der Waals surface area contributed by atoms with Crippen molar-refractivity contribution in [1.29, 1.82) is 0 Å². The van der Waals surface area contributed by atoms with Crippen molar-refractivity contribution in [1.82, 2.24) is 19.8 Å². The van der Waals surface area contributed by atoms with Crippen LogP contribution in [0.25, 0.3) is 17.0 Å². The highest BCUT2D eigenvalue weighted by molar-refractivity contribution is 7.98. The van der Waals surface area contributed by atoms with Crippen LogP contribution in [0.5, 0.6) is 23.1 Å². The number of aromatic nitrogens is 4. The average Bonchev–Trinajstić information content (AvgIpc) is 3.17. The average molecular weight is 394 g/mol. The second-order valence-electron chi connectivity index (χ2n) is 5.81. The van der Waals surface area contributed by atoms with Gasteiger partial charge in [-0.1, -0.05) is 0 Å². The molecule has 0 aliphatic rings. The summed E-state index contributed by atoms with van der Waals surface area (Å²) < 4.78 is 18.2. The van der Waals surface area contributed by atoms with Crippen LogP contribution in [-0.4, -0.2) is 40.3 Å². The maximum absolute atomic E-state index is 6.02. The van der Waals surface area contributed by atoms with Gasteiger partial charge in [-0.05, 0) is 54.8 Å². The Hall–Kier alpha value is -3.26. The number of rotatable bonds is 6. The van der Waals surface area contributed by atoms with Crippen molar-refractivity contribution in [2.75, 3.05) is 20.5 Å². The maximum atomic E-state index is 6.02. The molecule has 0 amide bonds. The van der Waals surface area contributed by atoms with E-state index >= 15 is 0 Å². The van der Waals surface area contributed by atoms with Crippen LogP contribution in [-0.2, 0) is 0 Å². The zero-order valence-corrected chi connectivity index (χ0v) is 16.4. The number of thioether (sulfide) groups is 1. The first-order chi connectivity index (χ1) is 13.7. The maximum Gasteiger partial charge on any atom is 0.237 e. The zero-order chi connectivity index (χ0) is 19.5. The normalized spacial score (nSPS) is 10.8. The highest BCUT2D eigenvalue weighted by atomic mass is 32.2. The molecule has 7 nitrogen and oxygen atoms in total. The molecule has 28 heavy (non-hydrogen) atoms. The Morgan fingerprint density at radius 3 is 2.32 bits per heavy atom. The van der Waals surface area contributed by atoms with Crippen LogP contribution in [0.1, 0.15) is 0 Å². The summed E-state index contributed by atoms with van der Waals surface area (Å²) >= 11 is 1.58. The smallest absolute Gasteiger partial charge is 0.237 e. The van der Waals surface area contributed by atoms with E-state index in [0.29, 0.717) is 23.1 Å². The SMILES string of the molecule is COc1ccc(-c2nnc3ccc(Oc4ccc(OC)cc4SC)nn23)cc1. The molecule has 2 aromatic carbocycles. The van der Waals surface area contributed by atoms with Crippen molar-refractivity contribution >= 4 is 17.4 Å². The van der Waals surface area contributed by atoms with E-state index in [4.69, 9.17) is 14.2 Å². The van der Waals surface area contributed by atoms with Crippen molar-refractivity contribution < 1.29 is 14.2 Å². The summed E-state index contributed by atoms with van der Waals surface area (Å²) in [6.07, 6.45) is 1.99. The highest BCUT2D eigenvalue weighted by Gasteiger charge is 2.12. The Balaban J connectivity index is 1.69. The molecule has 8 heteroatoms. The fourth-order valence-corrected chi connectivity index (χ4v) is 3.26. The van der Waals surface area contributed by atoms with E-state index in [9.17, 15) is 0 Å². The first-order valence-electron chi connectivity index (χ1n) is 8.48. The molecular weight excluding hydrogens is 376 g/mol. The number of hydrogen-bond donors (Lipinski definition) is 0. The van der Waals surface area contributed by atoms with Crippen LogP contribution in [0.15, 0.2) is 59.5 Å². The Morgan fingerprint density at radius 1 is 0.857 bits per heavy atom. The summed E-state index contributed by atoms with van der Waals surface area (Å²) in [5.74, 6) is 3.34. The number of benzene rings is 2. The van der Waals surface area contributed by atoms with Gasteiger partial charge >= 0.3 is 0 Å². The van der Waals surface area contributed by atoms with Gasteiger partial charge in [0.05, 0.1) is 19.1 Å². The van der Waals surface area contributed by atoms with Crippen LogP contribution in [0.2, 0.25) is 0 Å². The Bertz CT molecular complexity index is 1110. The summed E-state index contributed by atoms with van der Waals surface area (Å²) in [6, 6.07) is 16.8. The minimum Gasteiger partial charge on any atom is -0.497 e. The third kappa shape index (κ3) is 3.46. The van der Waals surface area contributed by atoms with Gasteiger partial charge in [0.1, 0.15) is 17.2 Å².